The molecule has 6 aliphatic rings. The van der Waals surface area contributed by atoms with Gasteiger partial charge >= 0.3 is 0 Å². The van der Waals surface area contributed by atoms with Crippen LogP contribution in [0.25, 0.3) is 78.7 Å². The van der Waals surface area contributed by atoms with Gasteiger partial charge in [0, 0.05) is 22.1 Å². The minimum Gasteiger partial charge on any atom is -0.208 e. The topological polar surface area (TPSA) is 38.7 Å². The molecule has 0 unspecified atom stereocenters. The molecule has 0 radical (unpaired) electrons. The first-order chi connectivity index (χ1) is 35.1. The van der Waals surface area contributed by atoms with Gasteiger partial charge in [-0.2, -0.15) is 0 Å². The lowest BCUT2D eigenvalue weighted by Gasteiger charge is -2.61. The molecule has 1 heterocycles. The monoisotopic (exact) mass is 909 g/mol. The molecule has 10 aromatic rings. The zero-order chi connectivity index (χ0) is 46.7. The van der Waals surface area contributed by atoms with Crippen molar-refractivity contribution in [2.45, 2.75) is 42.9 Å². The number of benzene rings is 9. The predicted molar refractivity (Wildman–Crippen MR) is 288 cm³/mol. The van der Waals surface area contributed by atoms with E-state index in [1.165, 1.54) is 87.7 Å². The van der Waals surface area contributed by atoms with Crippen molar-refractivity contribution in [2.75, 3.05) is 0 Å². The van der Waals surface area contributed by atoms with Gasteiger partial charge in [0.1, 0.15) is 0 Å². The molecule has 4 bridgehead atoms. The SMILES string of the molecule is c1ccc(-c2nc(-c3ccccc3)nc(-c3cc(-c4ccc5c(c4)-c4ccccc4C5(c4ccccc4)c4ccccc4)cc(-c4ccc5c(c4)C4(c6ccccc6-5)C5CC6CC(C5)CC4C6)c3)n2)cc1. The quantitative estimate of drug-likeness (QED) is 0.160. The lowest BCUT2D eigenvalue weighted by molar-refractivity contribution is -0.0399. The smallest absolute Gasteiger partial charge is 0.164 e. The van der Waals surface area contributed by atoms with Crippen LogP contribution in [-0.4, -0.2) is 15.0 Å². The molecule has 6 aliphatic carbocycles. The Balaban J connectivity index is 0.957. The highest BCUT2D eigenvalue weighted by molar-refractivity contribution is 5.91. The summed E-state index contributed by atoms with van der Waals surface area (Å²) in [5.74, 6) is 5.11. The van der Waals surface area contributed by atoms with Crippen LogP contribution in [0.1, 0.15) is 65.5 Å². The van der Waals surface area contributed by atoms with Gasteiger partial charge in [-0.3, -0.25) is 0 Å². The van der Waals surface area contributed by atoms with E-state index in [4.69, 9.17) is 15.0 Å². The standard InChI is InChI=1S/C68H51N3/c1-5-17-45(18-6-1)64-69-65(46-19-7-2-8-20-46)71-66(70-64)51-39-49(47-30-32-62-59(41-47)57-26-14-16-28-61(57)67(62,52-21-9-3-10-22-52)53-23-11-4-12-24-53)38-50(40-51)48-29-31-58-56-25-13-15-27-60(56)68(63(58)42-48)54-34-43-33-44(36-54)37-55(68)35-43/h1-32,38-44,54-55H,33-37H2. The molecule has 16 rings (SSSR count). The van der Waals surface area contributed by atoms with E-state index in [1.54, 1.807) is 11.1 Å². The lowest BCUT2D eigenvalue weighted by Crippen LogP contribution is -2.55. The van der Waals surface area contributed by atoms with Crippen molar-refractivity contribution in [3.63, 3.8) is 0 Å². The number of nitrogens with zero attached hydrogens (tertiary/aromatic N) is 3. The van der Waals surface area contributed by atoms with Crippen molar-refractivity contribution in [3.8, 4) is 78.7 Å². The third kappa shape index (κ3) is 6.05. The maximum absolute atomic E-state index is 5.32. The summed E-state index contributed by atoms with van der Waals surface area (Å²) in [6.07, 6.45) is 6.86. The Morgan fingerprint density at radius 2 is 0.704 bits per heavy atom. The van der Waals surface area contributed by atoms with Crippen molar-refractivity contribution < 1.29 is 0 Å². The molecule has 9 aromatic carbocycles. The third-order valence-electron chi connectivity index (χ3n) is 17.6. The first-order valence-corrected chi connectivity index (χ1v) is 25.8. The fourth-order valence-electron chi connectivity index (χ4n) is 15.0. The van der Waals surface area contributed by atoms with E-state index in [0.29, 0.717) is 29.3 Å². The third-order valence-corrected chi connectivity index (χ3v) is 17.6. The number of rotatable bonds is 7. The summed E-state index contributed by atoms with van der Waals surface area (Å²) < 4.78 is 0. The Kier molecular flexibility index (Phi) is 9.06. The highest BCUT2D eigenvalue weighted by Crippen LogP contribution is 2.69. The second-order valence-electron chi connectivity index (χ2n) is 21.1. The van der Waals surface area contributed by atoms with Gasteiger partial charge in [-0.15, -0.1) is 0 Å². The average molecular weight is 910 g/mol. The number of aromatic nitrogens is 3. The molecule has 338 valence electrons. The second kappa shape index (κ2) is 15.8. The molecule has 0 N–H and O–H groups in total. The molecule has 0 amide bonds. The fourth-order valence-corrected chi connectivity index (χ4v) is 15.0. The largest absolute Gasteiger partial charge is 0.208 e. The summed E-state index contributed by atoms with van der Waals surface area (Å²) in [5.41, 5.74) is 20.9. The predicted octanol–water partition coefficient (Wildman–Crippen LogP) is 16.3. The van der Waals surface area contributed by atoms with Crippen LogP contribution in [0.15, 0.2) is 224 Å². The first kappa shape index (κ1) is 40.8. The molecule has 0 aliphatic heterocycles. The molecule has 4 saturated carbocycles. The van der Waals surface area contributed by atoms with Crippen LogP contribution in [0.2, 0.25) is 0 Å². The molecule has 0 atom stereocenters. The van der Waals surface area contributed by atoms with E-state index in [9.17, 15) is 0 Å². The van der Waals surface area contributed by atoms with Crippen molar-refractivity contribution in [1.29, 1.82) is 0 Å². The Bertz CT molecular complexity index is 3590. The molecule has 4 fully saturated rings. The van der Waals surface area contributed by atoms with E-state index in [-0.39, 0.29) is 5.41 Å². The first-order valence-electron chi connectivity index (χ1n) is 25.8. The minimum atomic E-state index is -0.470. The van der Waals surface area contributed by atoms with Gasteiger partial charge in [0.05, 0.1) is 5.41 Å². The van der Waals surface area contributed by atoms with Crippen molar-refractivity contribution in [2.24, 2.45) is 23.7 Å². The van der Waals surface area contributed by atoms with Crippen molar-refractivity contribution in [3.05, 3.63) is 258 Å². The second-order valence-corrected chi connectivity index (χ2v) is 21.1. The zero-order valence-electron chi connectivity index (χ0n) is 39.5. The van der Waals surface area contributed by atoms with Crippen LogP contribution in [0.4, 0.5) is 0 Å². The molecule has 1 aromatic heterocycles. The molecule has 3 nitrogen and oxygen atoms in total. The van der Waals surface area contributed by atoms with Gasteiger partial charge in [-0.05, 0) is 164 Å². The van der Waals surface area contributed by atoms with Crippen LogP contribution in [0.3, 0.4) is 0 Å². The van der Waals surface area contributed by atoms with Gasteiger partial charge in [-0.25, -0.2) is 15.0 Å². The Morgan fingerprint density at radius 3 is 1.28 bits per heavy atom. The summed E-state index contributed by atoms with van der Waals surface area (Å²) in [6.45, 7) is 0. The van der Waals surface area contributed by atoms with Crippen LogP contribution in [0, 0.1) is 23.7 Å². The number of hydrogen-bond acceptors (Lipinski definition) is 3. The van der Waals surface area contributed by atoms with E-state index in [1.807, 2.05) is 12.1 Å². The normalized spacial score (nSPS) is 21.4. The van der Waals surface area contributed by atoms with Gasteiger partial charge in [0.25, 0.3) is 0 Å². The number of fused-ring (bicyclic) bond motifs is 6. The summed E-state index contributed by atoms with van der Waals surface area (Å²) in [7, 11) is 0. The van der Waals surface area contributed by atoms with Crippen LogP contribution in [-0.2, 0) is 10.8 Å². The summed E-state index contributed by atoms with van der Waals surface area (Å²) in [6, 6.07) is 83.1. The highest BCUT2D eigenvalue weighted by atomic mass is 15.0. The fraction of sp³-hybridized carbons (Fsp3) is 0.162. The highest BCUT2D eigenvalue weighted by Gasteiger charge is 2.61. The summed E-state index contributed by atoms with van der Waals surface area (Å²) in [4.78, 5) is 15.8. The Labute approximate surface area is 416 Å². The maximum atomic E-state index is 5.32. The van der Waals surface area contributed by atoms with Crippen LogP contribution in [0.5, 0.6) is 0 Å². The van der Waals surface area contributed by atoms with E-state index in [0.717, 1.165) is 39.7 Å². The van der Waals surface area contributed by atoms with E-state index >= 15 is 0 Å². The number of hydrogen-bond donors (Lipinski definition) is 0. The van der Waals surface area contributed by atoms with Crippen molar-refractivity contribution in [1.82, 2.24) is 15.0 Å². The Hall–Kier alpha value is -8.01. The molecular formula is C68H51N3. The van der Waals surface area contributed by atoms with Gasteiger partial charge in [0.15, 0.2) is 17.5 Å². The average Bonchev–Trinajstić information content (AvgIpc) is 3.91. The molecule has 3 heteroatoms. The summed E-state index contributed by atoms with van der Waals surface area (Å²) >= 11 is 0. The molecular weight excluding hydrogens is 859 g/mol. The minimum absolute atomic E-state index is 0.0660. The molecule has 0 saturated heterocycles. The maximum Gasteiger partial charge on any atom is 0.164 e. The van der Waals surface area contributed by atoms with Gasteiger partial charge < -0.3 is 0 Å². The van der Waals surface area contributed by atoms with E-state index < -0.39 is 5.41 Å². The lowest BCUT2D eigenvalue weighted by atomic mass is 9.43. The van der Waals surface area contributed by atoms with Gasteiger partial charge in [0.2, 0.25) is 0 Å². The van der Waals surface area contributed by atoms with Gasteiger partial charge in [-0.1, -0.05) is 194 Å². The van der Waals surface area contributed by atoms with Crippen LogP contribution >= 0.6 is 0 Å². The van der Waals surface area contributed by atoms with Crippen LogP contribution < -0.4 is 0 Å². The Morgan fingerprint density at radius 1 is 0.282 bits per heavy atom. The van der Waals surface area contributed by atoms with E-state index in [2.05, 4.69) is 212 Å². The zero-order valence-corrected chi connectivity index (χ0v) is 39.5. The molecule has 1 spiro atoms. The molecule has 71 heavy (non-hydrogen) atoms. The van der Waals surface area contributed by atoms with Crippen molar-refractivity contribution >= 4 is 0 Å². The summed E-state index contributed by atoms with van der Waals surface area (Å²) in [5, 5.41) is 0.